The van der Waals surface area contributed by atoms with E-state index in [1.807, 2.05) is 0 Å². The number of fused-ring (bicyclic) bond motifs is 2. The Hall–Kier alpha value is -4.12. The molecule has 35 heavy (non-hydrogen) atoms. The summed E-state index contributed by atoms with van der Waals surface area (Å²) in [6.07, 6.45) is 0. The molecule has 0 radical (unpaired) electrons. The first-order chi connectivity index (χ1) is 16.8. The molecule has 0 aromatic heterocycles. The van der Waals surface area contributed by atoms with Crippen molar-refractivity contribution in [3.8, 4) is 11.5 Å². The molecule has 0 aliphatic carbocycles. The molecule has 0 unspecified atom stereocenters. The van der Waals surface area contributed by atoms with Gasteiger partial charge in [-0.1, -0.05) is 18.2 Å². The van der Waals surface area contributed by atoms with Gasteiger partial charge in [-0.15, -0.1) is 0 Å². The van der Waals surface area contributed by atoms with Crippen molar-refractivity contribution in [3.63, 3.8) is 0 Å². The Labute approximate surface area is 200 Å². The summed E-state index contributed by atoms with van der Waals surface area (Å²) in [6.45, 7) is -0.342. The molecular formula is C24H20FN3O6S. The van der Waals surface area contributed by atoms with E-state index in [2.05, 4.69) is 5.32 Å². The molecule has 0 bridgehead atoms. The van der Waals surface area contributed by atoms with E-state index in [0.29, 0.717) is 23.7 Å². The first-order valence-electron chi connectivity index (χ1n) is 10.7. The monoisotopic (exact) mass is 497 g/mol. The minimum absolute atomic E-state index is 0.0389. The van der Waals surface area contributed by atoms with E-state index < -0.39 is 34.2 Å². The standard InChI is InChI=1S/C24H20FN3O6S/c25-16-4-3-5-17(12-16)28(35(31,32)18-8-9-21-22(13-18)34-11-10-33-21)15-24(30)27-14-23(29)26-19-6-1-2-7-20(19)27/h1-9,12-13H,10-11,14-15H2,(H,26,29). The van der Waals surface area contributed by atoms with Crippen molar-refractivity contribution in [3.05, 3.63) is 72.5 Å². The van der Waals surface area contributed by atoms with E-state index >= 15 is 0 Å². The molecule has 3 aromatic rings. The highest BCUT2D eigenvalue weighted by Crippen LogP contribution is 2.35. The summed E-state index contributed by atoms with van der Waals surface area (Å²) in [7, 11) is -4.35. The molecule has 2 heterocycles. The minimum atomic E-state index is -4.35. The summed E-state index contributed by atoms with van der Waals surface area (Å²) in [5, 5.41) is 2.68. The highest BCUT2D eigenvalue weighted by atomic mass is 32.2. The number of ether oxygens (including phenoxy) is 2. The van der Waals surface area contributed by atoms with Crippen LogP contribution >= 0.6 is 0 Å². The van der Waals surface area contributed by atoms with E-state index in [4.69, 9.17) is 9.47 Å². The largest absolute Gasteiger partial charge is 0.486 e. The van der Waals surface area contributed by atoms with Gasteiger partial charge < -0.3 is 14.8 Å². The molecule has 0 atom stereocenters. The van der Waals surface area contributed by atoms with Crippen LogP contribution in [-0.4, -0.2) is 46.5 Å². The number of benzene rings is 3. The van der Waals surface area contributed by atoms with Gasteiger partial charge in [0.25, 0.3) is 10.0 Å². The van der Waals surface area contributed by atoms with Crippen molar-refractivity contribution >= 4 is 38.9 Å². The molecule has 180 valence electrons. The normalized spacial score (nSPS) is 14.7. The Balaban J connectivity index is 1.54. The van der Waals surface area contributed by atoms with Gasteiger partial charge >= 0.3 is 0 Å². The quantitative estimate of drug-likeness (QED) is 0.581. The number of hydrogen-bond donors (Lipinski definition) is 1. The number of hydrogen-bond acceptors (Lipinski definition) is 6. The van der Waals surface area contributed by atoms with Crippen LogP contribution in [0.15, 0.2) is 71.6 Å². The van der Waals surface area contributed by atoms with Crippen molar-refractivity contribution < 1.29 is 31.9 Å². The zero-order valence-electron chi connectivity index (χ0n) is 18.3. The number of nitrogens with one attached hydrogen (secondary N) is 1. The summed E-state index contributed by atoms with van der Waals surface area (Å²) in [6, 6.07) is 15.8. The van der Waals surface area contributed by atoms with Crippen LogP contribution < -0.4 is 24.0 Å². The van der Waals surface area contributed by atoms with E-state index in [1.54, 1.807) is 24.3 Å². The van der Waals surface area contributed by atoms with Crippen LogP contribution in [0.3, 0.4) is 0 Å². The lowest BCUT2D eigenvalue weighted by molar-refractivity contribution is -0.121. The smallest absolute Gasteiger partial charge is 0.264 e. The zero-order chi connectivity index (χ0) is 24.6. The highest BCUT2D eigenvalue weighted by Gasteiger charge is 2.33. The number of sulfonamides is 1. The maximum Gasteiger partial charge on any atom is 0.264 e. The van der Waals surface area contributed by atoms with Gasteiger partial charge in [-0.2, -0.15) is 0 Å². The third-order valence-corrected chi connectivity index (χ3v) is 7.32. The third-order valence-electron chi connectivity index (χ3n) is 5.55. The summed E-state index contributed by atoms with van der Waals surface area (Å²) in [5.74, 6) is -1.08. The van der Waals surface area contributed by atoms with Crippen LogP contribution in [0.25, 0.3) is 0 Å². The number of para-hydroxylation sites is 2. The minimum Gasteiger partial charge on any atom is -0.486 e. The molecule has 5 rings (SSSR count). The van der Waals surface area contributed by atoms with Gasteiger partial charge in [-0.3, -0.25) is 18.8 Å². The molecule has 2 amide bonds. The number of nitrogens with zero attached hydrogens (tertiary/aromatic N) is 2. The fraction of sp³-hybridized carbons (Fsp3) is 0.167. The second-order valence-electron chi connectivity index (χ2n) is 7.84. The van der Waals surface area contributed by atoms with Crippen LogP contribution in [0.1, 0.15) is 0 Å². The highest BCUT2D eigenvalue weighted by molar-refractivity contribution is 7.92. The molecule has 0 saturated carbocycles. The topological polar surface area (TPSA) is 105 Å². The predicted molar refractivity (Wildman–Crippen MR) is 126 cm³/mol. The van der Waals surface area contributed by atoms with Crippen LogP contribution in [0, 0.1) is 5.82 Å². The summed E-state index contributed by atoms with van der Waals surface area (Å²) in [4.78, 5) is 26.6. The van der Waals surface area contributed by atoms with Crippen LogP contribution in [0.5, 0.6) is 11.5 Å². The SMILES string of the molecule is O=C1CN(C(=O)CN(c2cccc(F)c2)S(=O)(=O)c2ccc3c(c2)OCCO3)c2ccccc2N1. The molecule has 0 saturated heterocycles. The molecule has 3 aromatic carbocycles. The van der Waals surface area contributed by atoms with E-state index in [9.17, 15) is 22.4 Å². The number of carbonyl (C=O) groups excluding carboxylic acids is 2. The van der Waals surface area contributed by atoms with Gasteiger partial charge in [0.05, 0.1) is 22.0 Å². The Morgan fingerprint density at radius 2 is 1.77 bits per heavy atom. The second-order valence-corrected chi connectivity index (χ2v) is 9.70. The number of rotatable bonds is 5. The number of anilines is 3. The molecule has 1 N–H and O–H groups in total. The Morgan fingerprint density at radius 3 is 2.57 bits per heavy atom. The summed E-state index contributed by atoms with van der Waals surface area (Å²) >= 11 is 0. The molecule has 0 fully saturated rings. The maximum absolute atomic E-state index is 14.1. The molecule has 2 aliphatic heterocycles. The van der Waals surface area contributed by atoms with Crippen molar-refractivity contribution in [2.45, 2.75) is 4.90 Å². The average molecular weight is 498 g/mol. The lowest BCUT2D eigenvalue weighted by Crippen LogP contribution is -2.48. The summed E-state index contributed by atoms with van der Waals surface area (Å²) < 4.78 is 53.3. The average Bonchev–Trinajstić information content (AvgIpc) is 2.86. The van der Waals surface area contributed by atoms with Crippen molar-refractivity contribution in [1.82, 2.24) is 0 Å². The third kappa shape index (κ3) is 4.37. The van der Waals surface area contributed by atoms with Crippen molar-refractivity contribution in [2.24, 2.45) is 0 Å². The van der Waals surface area contributed by atoms with E-state index in [0.717, 1.165) is 10.4 Å². The van der Waals surface area contributed by atoms with Gasteiger partial charge in [0.15, 0.2) is 11.5 Å². The molecule has 0 spiro atoms. The fourth-order valence-electron chi connectivity index (χ4n) is 3.92. The van der Waals surface area contributed by atoms with Gasteiger partial charge in [0.2, 0.25) is 11.8 Å². The Kier molecular flexibility index (Phi) is 5.77. The number of amides is 2. The van der Waals surface area contributed by atoms with E-state index in [-0.39, 0.29) is 29.5 Å². The van der Waals surface area contributed by atoms with Gasteiger partial charge in [-0.05, 0) is 42.5 Å². The van der Waals surface area contributed by atoms with Gasteiger partial charge in [0.1, 0.15) is 32.1 Å². The first-order valence-corrected chi connectivity index (χ1v) is 12.1. The predicted octanol–water partition coefficient (Wildman–Crippen LogP) is 2.78. The molecule has 2 aliphatic rings. The van der Waals surface area contributed by atoms with Crippen LogP contribution in [0.4, 0.5) is 21.5 Å². The lowest BCUT2D eigenvalue weighted by Gasteiger charge is -2.32. The lowest BCUT2D eigenvalue weighted by atomic mass is 10.2. The van der Waals surface area contributed by atoms with Gasteiger partial charge in [0, 0.05) is 6.07 Å². The van der Waals surface area contributed by atoms with Crippen LogP contribution in [0.2, 0.25) is 0 Å². The second kappa shape index (κ2) is 8.91. The fourth-order valence-corrected chi connectivity index (χ4v) is 5.34. The van der Waals surface area contributed by atoms with Crippen molar-refractivity contribution in [1.29, 1.82) is 0 Å². The molecular weight excluding hydrogens is 477 g/mol. The zero-order valence-corrected chi connectivity index (χ0v) is 19.1. The maximum atomic E-state index is 14.1. The van der Waals surface area contributed by atoms with Crippen LogP contribution in [-0.2, 0) is 19.6 Å². The Bertz CT molecular complexity index is 1430. The number of halogens is 1. The molecule has 11 heteroatoms. The van der Waals surface area contributed by atoms with Crippen molar-refractivity contribution in [2.75, 3.05) is 40.8 Å². The molecule has 9 nitrogen and oxygen atoms in total. The Morgan fingerprint density at radius 1 is 1.00 bits per heavy atom. The summed E-state index contributed by atoms with van der Waals surface area (Å²) in [5.41, 5.74) is 0.833. The first kappa shape index (κ1) is 22.7. The number of carbonyl (C=O) groups is 2. The van der Waals surface area contributed by atoms with E-state index in [1.165, 1.54) is 41.3 Å². The van der Waals surface area contributed by atoms with Gasteiger partial charge in [-0.25, -0.2) is 12.8 Å².